The summed E-state index contributed by atoms with van der Waals surface area (Å²) in [4.78, 5) is 27.1. The lowest BCUT2D eigenvalue weighted by Crippen LogP contribution is -2.38. The molecule has 0 saturated heterocycles. The van der Waals surface area contributed by atoms with Gasteiger partial charge in [-0.15, -0.1) is 0 Å². The molecule has 0 atom stereocenters. The van der Waals surface area contributed by atoms with Crippen LogP contribution in [0.15, 0.2) is 64.6 Å². The summed E-state index contributed by atoms with van der Waals surface area (Å²) in [5, 5.41) is 3.66. The molecule has 7 nitrogen and oxygen atoms in total. The highest BCUT2D eigenvalue weighted by Gasteiger charge is 2.41. The van der Waals surface area contributed by atoms with Crippen LogP contribution in [0.2, 0.25) is 0 Å². The first-order chi connectivity index (χ1) is 16.8. The molecule has 36 heavy (non-hydrogen) atoms. The lowest BCUT2D eigenvalue weighted by molar-refractivity contribution is -0.184. The number of carbonyl (C=O) groups excluding carboxylic acids is 2. The van der Waals surface area contributed by atoms with E-state index < -0.39 is 24.2 Å². The van der Waals surface area contributed by atoms with E-state index in [-0.39, 0.29) is 17.8 Å². The number of nitrogens with one attached hydrogen (secondary N) is 1. The number of hydrogen-bond donors (Lipinski definition) is 1. The van der Waals surface area contributed by atoms with Crippen molar-refractivity contribution in [2.75, 3.05) is 7.05 Å². The van der Waals surface area contributed by atoms with Crippen molar-refractivity contribution in [3.63, 3.8) is 0 Å². The molecule has 0 bridgehead atoms. The number of amides is 2. The van der Waals surface area contributed by atoms with Gasteiger partial charge in [0.2, 0.25) is 0 Å². The highest BCUT2D eigenvalue weighted by atomic mass is 127. The Bertz CT molecular complexity index is 1270. The fraction of sp³-hybridized carbons (Fsp3) is 0.182. The van der Waals surface area contributed by atoms with Gasteiger partial charge in [-0.2, -0.15) is 31.4 Å². The summed E-state index contributed by atoms with van der Waals surface area (Å²) in [7, 11) is 0.996. The predicted octanol–water partition coefficient (Wildman–Crippen LogP) is 4.90. The molecule has 0 fully saturated rings. The summed E-state index contributed by atoms with van der Waals surface area (Å²) in [5.41, 5.74) is 3.01. The highest BCUT2D eigenvalue weighted by Crippen LogP contribution is 2.24. The zero-order valence-corrected chi connectivity index (χ0v) is 20.3. The summed E-state index contributed by atoms with van der Waals surface area (Å²) in [6.45, 7) is -0.361. The minimum absolute atomic E-state index is 0.0408. The van der Waals surface area contributed by atoms with Crippen molar-refractivity contribution in [1.82, 2.24) is 15.3 Å². The molecule has 3 rings (SSSR count). The predicted molar refractivity (Wildman–Crippen MR) is 123 cm³/mol. The number of rotatable bonds is 6. The van der Waals surface area contributed by atoms with Crippen LogP contribution in [0.25, 0.3) is 11.3 Å². The molecule has 2 aromatic carbocycles. The van der Waals surface area contributed by atoms with E-state index >= 15 is 0 Å². The molecular weight excluding hydrogens is 609 g/mol. The monoisotopic (exact) mass is 624 g/mol. The average molecular weight is 624 g/mol. The highest BCUT2D eigenvalue weighted by molar-refractivity contribution is 14.1. The number of hydrogen-bond acceptors (Lipinski definition) is 5. The minimum Gasteiger partial charge on any atom is -0.444 e. The number of oxazole rings is 1. The van der Waals surface area contributed by atoms with Crippen molar-refractivity contribution in [1.29, 1.82) is 0 Å². The maximum atomic E-state index is 12.7. The van der Waals surface area contributed by atoms with Gasteiger partial charge in [0.15, 0.2) is 12.2 Å². The zero-order chi connectivity index (χ0) is 26.7. The normalized spacial score (nSPS) is 12.4. The molecule has 0 aliphatic rings. The number of aromatic nitrogens is 1. The first-order valence-corrected chi connectivity index (χ1v) is 10.9. The molecule has 1 N–H and O–H groups in total. The number of benzene rings is 2. The molecule has 14 heteroatoms. The standard InChI is InChI=1S/C22H15F6IN4O3/c1-33(20(35)22(26,27)28)10-15-7-6-14(8-16(15)29)18(31-32-19(34)21(23,24)25)13-4-2-12(3-5-13)17-9-30-11-36-17/h2-9,11H,10H2,1H3,(H,32,34). The smallest absolute Gasteiger partial charge is 0.444 e. The summed E-state index contributed by atoms with van der Waals surface area (Å²) < 4.78 is 81.7. The maximum Gasteiger partial charge on any atom is 0.473 e. The summed E-state index contributed by atoms with van der Waals surface area (Å²) in [6.07, 6.45) is -7.51. The zero-order valence-electron chi connectivity index (χ0n) is 18.1. The summed E-state index contributed by atoms with van der Waals surface area (Å²) in [6, 6.07) is 10.6. The van der Waals surface area contributed by atoms with E-state index in [1.165, 1.54) is 48.3 Å². The van der Waals surface area contributed by atoms with Crippen LogP contribution < -0.4 is 5.43 Å². The summed E-state index contributed by atoms with van der Waals surface area (Å²) in [5.74, 6) is -3.86. The Morgan fingerprint density at radius 3 is 2.19 bits per heavy atom. The van der Waals surface area contributed by atoms with Gasteiger partial charge in [-0.1, -0.05) is 36.4 Å². The second-order valence-corrected chi connectivity index (χ2v) is 8.47. The fourth-order valence-corrected chi connectivity index (χ4v) is 3.67. The summed E-state index contributed by atoms with van der Waals surface area (Å²) >= 11 is 1.82. The van der Waals surface area contributed by atoms with Crippen molar-refractivity contribution < 1.29 is 40.3 Å². The SMILES string of the molecule is CN(Cc1ccc(C(=NNC(=O)C(F)(F)F)c2ccc(-c3cnco3)cc2)cc1I)C(=O)C(F)(F)F. The molecule has 0 spiro atoms. The van der Waals surface area contributed by atoms with Crippen molar-refractivity contribution in [3.05, 3.63) is 75.3 Å². The Hall–Kier alpha value is -3.43. The Balaban J connectivity index is 1.95. The molecule has 1 heterocycles. The molecule has 0 unspecified atom stereocenters. The van der Waals surface area contributed by atoms with Crippen LogP contribution in [0.1, 0.15) is 16.7 Å². The number of hydrazone groups is 1. The van der Waals surface area contributed by atoms with E-state index in [9.17, 15) is 35.9 Å². The van der Waals surface area contributed by atoms with Crippen molar-refractivity contribution in [2.24, 2.45) is 5.10 Å². The Morgan fingerprint density at radius 1 is 1.03 bits per heavy atom. The third-order valence-corrected chi connectivity index (χ3v) is 5.73. The molecule has 3 aromatic rings. The lowest BCUT2D eigenvalue weighted by Gasteiger charge is -2.20. The molecule has 0 saturated carbocycles. The molecule has 2 amide bonds. The van der Waals surface area contributed by atoms with E-state index in [1.54, 1.807) is 12.1 Å². The largest absolute Gasteiger partial charge is 0.473 e. The van der Waals surface area contributed by atoms with Gasteiger partial charge in [-0.25, -0.2) is 10.4 Å². The van der Waals surface area contributed by atoms with Gasteiger partial charge in [0, 0.05) is 33.9 Å². The number of halogens is 7. The molecule has 0 aliphatic carbocycles. The average Bonchev–Trinajstić information content (AvgIpc) is 3.34. The second kappa shape index (κ2) is 10.7. The Morgan fingerprint density at radius 2 is 1.67 bits per heavy atom. The van der Waals surface area contributed by atoms with Crippen molar-refractivity contribution >= 4 is 40.1 Å². The van der Waals surface area contributed by atoms with Gasteiger partial charge in [0.05, 0.1) is 11.9 Å². The van der Waals surface area contributed by atoms with Crippen LogP contribution in [0.3, 0.4) is 0 Å². The molecule has 0 aliphatic heterocycles. The van der Waals surface area contributed by atoms with Crippen LogP contribution in [0.4, 0.5) is 26.3 Å². The quantitative estimate of drug-likeness (QED) is 0.183. The van der Waals surface area contributed by atoms with Crippen LogP contribution in [0.5, 0.6) is 0 Å². The lowest BCUT2D eigenvalue weighted by atomic mass is 9.99. The second-order valence-electron chi connectivity index (χ2n) is 7.31. The van der Waals surface area contributed by atoms with Gasteiger partial charge >= 0.3 is 24.2 Å². The number of carbonyl (C=O) groups is 2. The van der Waals surface area contributed by atoms with E-state index in [0.717, 1.165) is 7.05 Å². The van der Waals surface area contributed by atoms with Crippen LogP contribution in [0, 0.1) is 3.57 Å². The van der Waals surface area contributed by atoms with Crippen LogP contribution in [-0.4, -0.2) is 46.8 Å². The molecular formula is C22H15F6IN4O3. The Labute approximate surface area is 213 Å². The van der Waals surface area contributed by atoms with Gasteiger partial charge < -0.3 is 9.32 Å². The topological polar surface area (TPSA) is 87.8 Å². The van der Waals surface area contributed by atoms with E-state index in [4.69, 9.17) is 4.42 Å². The van der Waals surface area contributed by atoms with Gasteiger partial charge in [0.1, 0.15) is 0 Å². The van der Waals surface area contributed by atoms with Crippen molar-refractivity contribution in [3.8, 4) is 11.3 Å². The fourth-order valence-electron chi connectivity index (χ4n) is 2.98. The third-order valence-electron chi connectivity index (χ3n) is 4.73. The van der Waals surface area contributed by atoms with Crippen LogP contribution >= 0.6 is 22.6 Å². The van der Waals surface area contributed by atoms with E-state index in [0.29, 0.717) is 30.9 Å². The number of alkyl halides is 6. The Kier molecular flexibility index (Phi) is 8.05. The molecule has 190 valence electrons. The first-order valence-electron chi connectivity index (χ1n) is 9.82. The maximum absolute atomic E-state index is 12.7. The van der Waals surface area contributed by atoms with Crippen LogP contribution in [-0.2, 0) is 16.1 Å². The molecule has 0 radical (unpaired) electrons. The van der Waals surface area contributed by atoms with Gasteiger partial charge in [0.25, 0.3) is 0 Å². The van der Waals surface area contributed by atoms with Crippen molar-refractivity contribution in [2.45, 2.75) is 18.9 Å². The third kappa shape index (κ3) is 6.61. The molecule has 1 aromatic heterocycles. The van der Waals surface area contributed by atoms with Gasteiger partial charge in [-0.3, -0.25) is 9.59 Å². The van der Waals surface area contributed by atoms with E-state index in [1.807, 2.05) is 22.6 Å². The van der Waals surface area contributed by atoms with E-state index in [2.05, 4.69) is 10.1 Å². The number of nitrogens with zero attached hydrogens (tertiary/aromatic N) is 3. The minimum atomic E-state index is -5.17. The van der Waals surface area contributed by atoms with Gasteiger partial charge in [-0.05, 0) is 34.2 Å². The first kappa shape index (κ1) is 27.2.